The van der Waals surface area contributed by atoms with Crippen molar-refractivity contribution in [3.05, 3.63) is 12.3 Å². The van der Waals surface area contributed by atoms with Crippen LogP contribution >= 0.6 is 0 Å². The summed E-state index contributed by atoms with van der Waals surface area (Å²) in [6.45, 7) is 5.97. The Balaban J connectivity index is 2.42. The zero-order valence-electron chi connectivity index (χ0n) is 9.61. The highest BCUT2D eigenvalue weighted by Crippen LogP contribution is 2.25. The first-order chi connectivity index (χ1) is 7.47. The van der Waals surface area contributed by atoms with Crippen LogP contribution in [0.4, 0.5) is 4.79 Å². The van der Waals surface area contributed by atoms with Crippen molar-refractivity contribution in [2.75, 3.05) is 19.7 Å². The number of likely N-dealkylation sites (tertiary alicyclic amines) is 1. The number of hydrogen-bond acceptors (Lipinski definition) is 4. The molecular weight excluding hydrogens is 210 g/mol. The Morgan fingerprint density at radius 2 is 2.06 bits per heavy atom. The first kappa shape index (κ1) is 13.0. The fraction of sp³-hybridized carbons (Fsp3) is 0.727. The third-order valence-corrected chi connectivity index (χ3v) is 2.79. The van der Waals surface area contributed by atoms with Gasteiger partial charge in [-0.25, -0.2) is 4.79 Å². The second-order valence-electron chi connectivity index (χ2n) is 4.25. The Morgan fingerprint density at radius 1 is 1.50 bits per heavy atom. The van der Waals surface area contributed by atoms with E-state index in [1.807, 2.05) is 0 Å². The van der Waals surface area contributed by atoms with Gasteiger partial charge in [0.25, 0.3) is 0 Å². The number of rotatable bonds is 3. The maximum absolute atomic E-state index is 11.5. The summed E-state index contributed by atoms with van der Waals surface area (Å²) in [5.74, 6) is 0.362. The molecule has 0 saturated carbocycles. The minimum atomic E-state index is -0.839. The van der Waals surface area contributed by atoms with Crippen molar-refractivity contribution in [3.63, 3.8) is 0 Å². The molecule has 0 aromatic carbocycles. The molecule has 0 aliphatic carbocycles. The maximum atomic E-state index is 11.5. The van der Waals surface area contributed by atoms with E-state index in [4.69, 9.17) is 9.84 Å². The van der Waals surface area contributed by atoms with Crippen LogP contribution in [-0.4, -0.2) is 46.5 Å². The van der Waals surface area contributed by atoms with E-state index in [0.29, 0.717) is 38.1 Å². The Morgan fingerprint density at radius 3 is 2.50 bits per heavy atom. The molecule has 0 unspecified atom stereocenters. The summed E-state index contributed by atoms with van der Waals surface area (Å²) in [7, 11) is 0. The van der Waals surface area contributed by atoms with Gasteiger partial charge in [-0.1, -0.05) is 6.58 Å². The van der Waals surface area contributed by atoms with Crippen molar-refractivity contribution in [2.45, 2.75) is 31.8 Å². The molecule has 92 valence electrons. The molecule has 1 fully saturated rings. The zero-order valence-corrected chi connectivity index (χ0v) is 9.61. The lowest BCUT2D eigenvalue weighted by atomic mass is 9.89. The standard InChI is InChI=1S/C11H19NO4/c1-9(2)16-10(14)12-6-3-11(15,4-7-12)5-8-13/h13,15H,1,3-8H2,2H3. The van der Waals surface area contributed by atoms with Gasteiger partial charge in [0, 0.05) is 19.7 Å². The number of nitrogens with zero attached hydrogens (tertiary/aromatic N) is 1. The normalized spacial score (nSPS) is 19.3. The van der Waals surface area contributed by atoms with Crippen molar-refractivity contribution < 1.29 is 19.7 Å². The van der Waals surface area contributed by atoms with Gasteiger partial charge in [-0.2, -0.15) is 0 Å². The molecule has 1 saturated heterocycles. The molecule has 0 spiro atoms. The average molecular weight is 229 g/mol. The zero-order chi connectivity index (χ0) is 12.2. The third kappa shape index (κ3) is 3.50. The lowest BCUT2D eigenvalue weighted by Gasteiger charge is -2.37. The van der Waals surface area contributed by atoms with Gasteiger partial charge in [-0.15, -0.1) is 0 Å². The van der Waals surface area contributed by atoms with E-state index in [2.05, 4.69) is 6.58 Å². The van der Waals surface area contributed by atoms with Gasteiger partial charge in [-0.3, -0.25) is 0 Å². The summed E-state index contributed by atoms with van der Waals surface area (Å²) < 4.78 is 4.88. The topological polar surface area (TPSA) is 70.0 Å². The van der Waals surface area contributed by atoms with Crippen LogP contribution in [0.15, 0.2) is 12.3 Å². The number of aliphatic hydroxyl groups is 2. The van der Waals surface area contributed by atoms with E-state index in [1.165, 1.54) is 0 Å². The van der Waals surface area contributed by atoms with Crippen LogP contribution in [0.1, 0.15) is 26.2 Å². The highest BCUT2D eigenvalue weighted by Gasteiger charge is 2.33. The minimum absolute atomic E-state index is 0.0350. The van der Waals surface area contributed by atoms with Gasteiger partial charge in [0.05, 0.1) is 11.4 Å². The highest BCUT2D eigenvalue weighted by molar-refractivity contribution is 5.68. The van der Waals surface area contributed by atoms with Crippen molar-refractivity contribution >= 4 is 6.09 Å². The number of amides is 1. The van der Waals surface area contributed by atoms with Crippen LogP contribution in [0, 0.1) is 0 Å². The quantitative estimate of drug-likeness (QED) is 0.704. The Hall–Kier alpha value is -1.07. The Labute approximate surface area is 95.3 Å². The summed E-state index contributed by atoms with van der Waals surface area (Å²) in [4.78, 5) is 13.0. The summed E-state index contributed by atoms with van der Waals surface area (Å²) in [5, 5.41) is 18.8. The summed E-state index contributed by atoms with van der Waals surface area (Å²) in [6, 6.07) is 0. The molecule has 1 aliphatic rings. The molecule has 1 rings (SSSR count). The molecule has 1 heterocycles. The second-order valence-corrected chi connectivity index (χ2v) is 4.25. The number of piperidine rings is 1. The molecular formula is C11H19NO4. The van der Waals surface area contributed by atoms with Crippen LogP contribution in [0.5, 0.6) is 0 Å². The van der Waals surface area contributed by atoms with E-state index in [0.717, 1.165) is 0 Å². The molecule has 0 radical (unpaired) electrons. The van der Waals surface area contributed by atoms with Gasteiger partial charge in [-0.05, 0) is 26.2 Å². The molecule has 0 aromatic heterocycles. The summed E-state index contributed by atoms with van der Waals surface area (Å²) in [5.41, 5.74) is -0.839. The SMILES string of the molecule is C=C(C)OC(=O)N1CCC(O)(CCO)CC1. The molecule has 1 aliphatic heterocycles. The number of carbonyl (C=O) groups is 1. The van der Waals surface area contributed by atoms with Crippen LogP contribution in [-0.2, 0) is 4.74 Å². The van der Waals surface area contributed by atoms with E-state index in [9.17, 15) is 9.90 Å². The predicted molar refractivity (Wildman–Crippen MR) is 58.8 cm³/mol. The lowest BCUT2D eigenvalue weighted by molar-refractivity contribution is -0.0337. The minimum Gasteiger partial charge on any atom is -0.416 e. The van der Waals surface area contributed by atoms with Gasteiger partial charge in [0.1, 0.15) is 0 Å². The first-order valence-corrected chi connectivity index (χ1v) is 5.42. The van der Waals surface area contributed by atoms with E-state index in [-0.39, 0.29) is 6.61 Å². The summed E-state index contributed by atoms with van der Waals surface area (Å²) in [6.07, 6.45) is 0.882. The number of aliphatic hydroxyl groups excluding tert-OH is 1. The van der Waals surface area contributed by atoms with E-state index >= 15 is 0 Å². The van der Waals surface area contributed by atoms with Gasteiger partial charge >= 0.3 is 6.09 Å². The first-order valence-electron chi connectivity index (χ1n) is 5.42. The van der Waals surface area contributed by atoms with Crippen molar-refractivity contribution in [1.29, 1.82) is 0 Å². The molecule has 0 atom stereocenters. The summed E-state index contributed by atoms with van der Waals surface area (Å²) >= 11 is 0. The van der Waals surface area contributed by atoms with Crippen molar-refractivity contribution in [1.82, 2.24) is 4.90 Å². The molecule has 1 amide bonds. The third-order valence-electron chi connectivity index (χ3n) is 2.79. The molecule has 16 heavy (non-hydrogen) atoms. The van der Waals surface area contributed by atoms with Crippen LogP contribution < -0.4 is 0 Å². The van der Waals surface area contributed by atoms with Crippen molar-refractivity contribution in [3.8, 4) is 0 Å². The highest BCUT2D eigenvalue weighted by atomic mass is 16.6. The number of ether oxygens (including phenoxy) is 1. The van der Waals surface area contributed by atoms with Crippen LogP contribution in [0.3, 0.4) is 0 Å². The van der Waals surface area contributed by atoms with E-state index < -0.39 is 11.7 Å². The fourth-order valence-electron chi connectivity index (χ4n) is 1.78. The Kier molecular flexibility index (Phi) is 4.32. The van der Waals surface area contributed by atoms with E-state index in [1.54, 1.807) is 11.8 Å². The number of hydrogen-bond donors (Lipinski definition) is 2. The molecule has 2 N–H and O–H groups in total. The number of allylic oxidation sites excluding steroid dienone is 1. The molecule has 0 aromatic rings. The average Bonchev–Trinajstić information content (AvgIpc) is 2.17. The number of carbonyl (C=O) groups excluding carboxylic acids is 1. The monoisotopic (exact) mass is 229 g/mol. The molecule has 0 bridgehead atoms. The lowest BCUT2D eigenvalue weighted by Crippen LogP contribution is -2.47. The smallest absolute Gasteiger partial charge is 0.414 e. The van der Waals surface area contributed by atoms with Gasteiger partial charge in [0.15, 0.2) is 0 Å². The fourth-order valence-corrected chi connectivity index (χ4v) is 1.78. The van der Waals surface area contributed by atoms with Crippen molar-refractivity contribution in [2.24, 2.45) is 0 Å². The van der Waals surface area contributed by atoms with Gasteiger partial charge < -0.3 is 19.8 Å². The largest absolute Gasteiger partial charge is 0.416 e. The molecule has 5 nitrogen and oxygen atoms in total. The molecule has 5 heteroatoms. The van der Waals surface area contributed by atoms with Crippen LogP contribution in [0.2, 0.25) is 0 Å². The second kappa shape index (κ2) is 5.32. The predicted octanol–water partition coefficient (Wildman–Crippen LogP) is 0.866. The Bertz CT molecular complexity index is 269. The van der Waals surface area contributed by atoms with Crippen LogP contribution in [0.25, 0.3) is 0 Å². The van der Waals surface area contributed by atoms with Gasteiger partial charge in [0.2, 0.25) is 0 Å². The maximum Gasteiger partial charge on any atom is 0.414 e.